The second-order valence-electron chi connectivity index (χ2n) is 4.15. The Morgan fingerprint density at radius 3 is 2.35 bits per heavy atom. The van der Waals surface area contributed by atoms with Gasteiger partial charge in [0.1, 0.15) is 0 Å². The molecule has 0 amide bonds. The molecule has 1 aliphatic carbocycles. The van der Waals surface area contributed by atoms with Gasteiger partial charge in [-0.25, -0.2) is 0 Å². The van der Waals surface area contributed by atoms with E-state index in [2.05, 4.69) is 0 Å². The number of hydrogen-bond acceptors (Lipinski definition) is 3. The fourth-order valence-corrected chi connectivity index (χ4v) is 1.95. The maximum Gasteiger partial charge on any atom is 0.269 e. The van der Waals surface area contributed by atoms with Crippen molar-refractivity contribution in [2.24, 2.45) is 0 Å². The predicted octanol–water partition coefficient (Wildman–Crippen LogP) is 3.12. The van der Waals surface area contributed by atoms with Crippen LogP contribution < -0.4 is 0 Å². The number of allylic oxidation sites excluding steroid dienone is 1. The molecule has 4 heteroatoms. The lowest BCUT2D eigenvalue weighted by Gasteiger charge is -2.12. The Morgan fingerprint density at radius 2 is 1.76 bits per heavy atom. The van der Waals surface area contributed by atoms with Gasteiger partial charge in [0.2, 0.25) is 0 Å². The van der Waals surface area contributed by atoms with Crippen molar-refractivity contribution in [2.75, 3.05) is 0 Å². The number of hydrogen-bond donors (Lipinski definition) is 0. The summed E-state index contributed by atoms with van der Waals surface area (Å²) in [5, 5.41) is 10.5. The molecular weight excluding hydrogens is 218 g/mol. The van der Waals surface area contributed by atoms with E-state index in [9.17, 15) is 14.9 Å². The normalized spacial score (nSPS) is 18.4. The molecule has 1 aliphatic rings. The molecule has 1 saturated carbocycles. The van der Waals surface area contributed by atoms with E-state index in [1.807, 2.05) is 6.08 Å². The lowest BCUT2D eigenvalue weighted by Crippen LogP contribution is -2.07. The second-order valence-corrected chi connectivity index (χ2v) is 4.15. The van der Waals surface area contributed by atoms with Crippen LogP contribution in [0.1, 0.15) is 31.2 Å². The molecular formula is C13H13NO3. The van der Waals surface area contributed by atoms with Crippen molar-refractivity contribution in [2.45, 2.75) is 25.7 Å². The van der Waals surface area contributed by atoms with Crippen molar-refractivity contribution in [3.05, 3.63) is 45.5 Å². The summed E-state index contributed by atoms with van der Waals surface area (Å²) in [5.41, 5.74) is 1.76. The maximum atomic E-state index is 11.6. The number of carbonyl (C=O) groups excluding carboxylic acids is 1. The van der Waals surface area contributed by atoms with Crippen molar-refractivity contribution in [3.8, 4) is 0 Å². The first-order valence-electron chi connectivity index (χ1n) is 5.65. The van der Waals surface area contributed by atoms with E-state index in [0.29, 0.717) is 6.42 Å². The summed E-state index contributed by atoms with van der Waals surface area (Å²) >= 11 is 0. The molecule has 0 aromatic heterocycles. The molecule has 1 fully saturated rings. The Labute approximate surface area is 99.1 Å². The van der Waals surface area contributed by atoms with E-state index in [0.717, 1.165) is 30.4 Å². The monoisotopic (exact) mass is 231 g/mol. The minimum atomic E-state index is -0.428. The first kappa shape index (κ1) is 11.5. The molecule has 1 aromatic carbocycles. The van der Waals surface area contributed by atoms with Crippen molar-refractivity contribution < 1.29 is 9.72 Å². The summed E-state index contributed by atoms with van der Waals surface area (Å²) < 4.78 is 0. The summed E-state index contributed by atoms with van der Waals surface area (Å²) in [7, 11) is 0. The molecule has 2 rings (SSSR count). The molecule has 17 heavy (non-hydrogen) atoms. The Kier molecular flexibility index (Phi) is 3.32. The summed E-state index contributed by atoms with van der Waals surface area (Å²) in [4.78, 5) is 21.7. The SMILES string of the molecule is O=C1CCCCC1=Cc1ccc([N+](=O)[O-])cc1. The number of ketones is 1. The third-order valence-corrected chi connectivity index (χ3v) is 2.90. The van der Waals surface area contributed by atoms with Crippen LogP contribution >= 0.6 is 0 Å². The van der Waals surface area contributed by atoms with E-state index in [1.54, 1.807) is 12.1 Å². The van der Waals surface area contributed by atoms with E-state index in [1.165, 1.54) is 12.1 Å². The number of carbonyl (C=O) groups is 1. The number of non-ortho nitro benzene ring substituents is 1. The summed E-state index contributed by atoms with van der Waals surface area (Å²) in [5.74, 6) is 0.203. The molecule has 4 nitrogen and oxygen atoms in total. The number of nitro benzene ring substituents is 1. The average Bonchev–Trinajstić information content (AvgIpc) is 2.33. The summed E-state index contributed by atoms with van der Waals surface area (Å²) in [6.07, 6.45) is 5.29. The Hall–Kier alpha value is -1.97. The van der Waals surface area contributed by atoms with Gasteiger partial charge in [-0.3, -0.25) is 14.9 Å². The summed E-state index contributed by atoms with van der Waals surface area (Å²) in [6, 6.07) is 6.26. The minimum absolute atomic E-state index is 0.0714. The maximum absolute atomic E-state index is 11.6. The Balaban J connectivity index is 2.20. The fourth-order valence-electron chi connectivity index (χ4n) is 1.95. The van der Waals surface area contributed by atoms with Gasteiger partial charge in [-0.05, 0) is 48.6 Å². The lowest BCUT2D eigenvalue weighted by atomic mass is 9.92. The van der Waals surface area contributed by atoms with Gasteiger partial charge in [-0.15, -0.1) is 0 Å². The number of nitro groups is 1. The van der Waals surface area contributed by atoms with Gasteiger partial charge in [-0.1, -0.05) is 0 Å². The number of nitrogens with zero attached hydrogens (tertiary/aromatic N) is 1. The van der Waals surface area contributed by atoms with Gasteiger partial charge in [-0.2, -0.15) is 0 Å². The zero-order chi connectivity index (χ0) is 12.3. The summed E-state index contributed by atoms with van der Waals surface area (Å²) in [6.45, 7) is 0. The quantitative estimate of drug-likeness (QED) is 0.446. The third-order valence-electron chi connectivity index (χ3n) is 2.90. The molecule has 88 valence electrons. The minimum Gasteiger partial charge on any atom is -0.295 e. The average molecular weight is 231 g/mol. The Morgan fingerprint density at radius 1 is 1.12 bits per heavy atom. The highest BCUT2D eigenvalue weighted by atomic mass is 16.6. The molecule has 0 spiro atoms. The Bertz CT molecular complexity index is 474. The van der Waals surface area contributed by atoms with Crippen LogP contribution in [0.5, 0.6) is 0 Å². The van der Waals surface area contributed by atoms with Crippen LogP contribution in [0.15, 0.2) is 29.8 Å². The first-order valence-corrected chi connectivity index (χ1v) is 5.65. The zero-order valence-electron chi connectivity index (χ0n) is 9.39. The molecule has 0 bridgehead atoms. The molecule has 0 aliphatic heterocycles. The molecule has 0 unspecified atom stereocenters. The van der Waals surface area contributed by atoms with Crippen LogP contribution in [0.3, 0.4) is 0 Å². The van der Waals surface area contributed by atoms with Gasteiger partial charge in [0.05, 0.1) is 4.92 Å². The van der Waals surface area contributed by atoms with Crippen molar-refractivity contribution in [1.82, 2.24) is 0 Å². The van der Waals surface area contributed by atoms with Crippen LogP contribution in [0.2, 0.25) is 0 Å². The number of Topliss-reactive ketones (excluding diaryl/α,β-unsaturated/α-hetero) is 1. The third kappa shape index (κ3) is 2.78. The van der Waals surface area contributed by atoms with Crippen LogP contribution in [0.25, 0.3) is 6.08 Å². The van der Waals surface area contributed by atoms with Gasteiger partial charge in [0.25, 0.3) is 5.69 Å². The van der Waals surface area contributed by atoms with Crippen molar-refractivity contribution >= 4 is 17.5 Å². The highest BCUT2D eigenvalue weighted by Crippen LogP contribution is 2.23. The van der Waals surface area contributed by atoms with Gasteiger partial charge >= 0.3 is 0 Å². The van der Waals surface area contributed by atoms with Gasteiger partial charge in [0.15, 0.2) is 5.78 Å². The second kappa shape index (κ2) is 4.91. The largest absolute Gasteiger partial charge is 0.295 e. The predicted molar refractivity (Wildman–Crippen MR) is 64.5 cm³/mol. The molecule has 0 saturated heterocycles. The van der Waals surface area contributed by atoms with E-state index >= 15 is 0 Å². The zero-order valence-corrected chi connectivity index (χ0v) is 9.39. The molecule has 0 atom stereocenters. The first-order chi connectivity index (χ1) is 8.16. The van der Waals surface area contributed by atoms with E-state index in [4.69, 9.17) is 0 Å². The number of benzene rings is 1. The van der Waals surface area contributed by atoms with Crippen LogP contribution in [0.4, 0.5) is 5.69 Å². The smallest absolute Gasteiger partial charge is 0.269 e. The molecule has 1 aromatic rings. The van der Waals surface area contributed by atoms with E-state index < -0.39 is 4.92 Å². The highest BCUT2D eigenvalue weighted by molar-refractivity contribution is 6.00. The van der Waals surface area contributed by atoms with Gasteiger partial charge < -0.3 is 0 Å². The molecule has 0 radical (unpaired) electrons. The van der Waals surface area contributed by atoms with Crippen LogP contribution in [-0.4, -0.2) is 10.7 Å². The van der Waals surface area contributed by atoms with Gasteiger partial charge in [0, 0.05) is 18.6 Å². The van der Waals surface area contributed by atoms with Crippen LogP contribution in [0, 0.1) is 10.1 Å². The lowest BCUT2D eigenvalue weighted by molar-refractivity contribution is -0.384. The molecule has 0 N–H and O–H groups in total. The van der Waals surface area contributed by atoms with E-state index in [-0.39, 0.29) is 11.5 Å². The molecule has 0 heterocycles. The topological polar surface area (TPSA) is 60.2 Å². The van der Waals surface area contributed by atoms with Crippen molar-refractivity contribution in [3.63, 3.8) is 0 Å². The highest BCUT2D eigenvalue weighted by Gasteiger charge is 2.14. The van der Waals surface area contributed by atoms with Crippen LogP contribution in [-0.2, 0) is 4.79 Å². The number of rotatable bonds is 2. The fraction of sp³-hybridized carbons (Fsp3) is 0.308. The van der Waals surface area contributed by atoms with Crippen molar-refractivity contribution in [1.29, 1.82) is 0 Å². The standard InChI is InChI=1S/C13H13NO3/c15-13-4-2-1-3-11(13)9-10-5-7-12(8-6-10)14(16)17/h5-9H,1-4H2.